The maximum Gasteiger partial charge on any atom is 0.516 e. The lowest BCUT2D eigenvalue weighted by Crippen LogP contribution is -2.57. The average Bonchev–Trinajstić information content (AvgIpc) is 3.86. The van der Waals surface area contributed by atoms with Crippen LogP contribution in [-0.4, -0.2) is 90.3 Å². The van der Waals surface area contributed by atoms with Gasteiger partial charge in [-0.2, -0.15) is 21.6 Å². The van der Waals surface area contributed by atoms with Crippen molar-refractivity contribution in [1.29, 1.82) is 0 Å². The van der Waals surface area contributed by atoms with Gasteiger partial charge in [-0.1, -0.05) is 72.8 Å². The zero-order chi connectivity index (χ0) is 43.7. The number of likely N-dealkylation sites (tertiary alicyclic amines) is 2. The van der Waals surface area contributed by atoms with E-state index in [0.717, 1.165) is 75.5 Å². The van der Waals surface area contributed by atoms with Gasteiger partial charge in [-0.25, -0.2) is 4.72 Å². The summed E-state index contributed by atoms with van der Waals surface area (Å²) in [5.74, 6) is -4.37. The summed E-state index contributed by atoms with van der Waals surface area (Å²) in [6.45, 7) is 18.8. The molecule has 4 saturated carbocycles. The van der Waals surface area contributed by atoms with Gasteiger partial charge in [0, 0.05) is 36.8 Å². The first-order valence-electron chi connectivity index (χ1n) is 22.0. The van der Waals surface area contributed by atoms with Crippen molar-refractivity contribution in [1.82, 2.24) is 19.8 Å². The van der Waals surface area contributed by atoms with E-state index in [0.29, 0.717) is 12.8 Å². The first-order chi connectivity index (χ1) is 27.3. The molecule has 0 aromatic heterocycles. The number of ketones is 2. The van der Waals surface area contributed by atoms with Crippen molar-refractivity contribution in [3.63, 3.8) is 0 Å². The van der Waals surface area contributed by atoms with Gasteiger partial charge in [0.25, 0.3) is 0 Å². The van der Waals surface area contributed by atoms with Crippen LogP contribution < -0.4 is 10.0 Å². The van der Waals surface area contributed by atoms with E-state index in [1.807, 2.05) is 20.8 Å². The Labute approximate surface area is 348 Å². The molecular formula is C44H67F3N4O7S. The molecule has 2 saturated heterocycles. The highest BCUT2D eigenvalue weighted by molar-refractivity contribution is 7.90. The number of allylic oxidation sites excluding steroid dienone is 1. The number of hydrogen-bond acceptors (Lipinski definition) is 8. The fourth-order valence-electron chi connectivity index (χ4n) is 12.3. The van der Waals surface area contributed by atoms with Gasteiger partial charge in [0.15, 0.2) is 11.6 Å². The highest BCUT2D eigenvalue weighted by Crippen LogP contribution is 2.88. The zero-order valence-electron chi connectivity index (χ0n) is 36.1. The molecule has 3 amide bonds. The molecule has 332 valence electrons. The Morgan fingerprint density at radius 3 is 2.02 bits per heavy atom. The number of amides is 3. The van der Waals surface area contributed by atoms with E-state index in [-0.39, 0.29) is 65.8 Å². The fourth-order valence-corrected chi connectivity index (χ4v) is 12.9. The number of fused-ring (bicyclic) bond motifs is 1. The number of nitrogens with zero attached hydrogens (tertiary/aromatic N) is 2. The van der Waals surface area contributed by atoms with Crippen LogP contribution in [0.25, 0.3) is 0 Å². The second-order valence-corrected chi connectivity index (χ2v) is 22.5. The van der Waals surface area contributed by atoms with E-state index in [1.165, 1.54) is 6.08 Å². The minimum absolute atomic E-state index is 0.0636. The number of carbonyl (C=O) groups is 5. The van der Waals surface area contributed by atoms with Crippen molar-refractivity contribution in [2.75, 3.05) is 13.1 Å². The number of rotatable bonds is 14. The first-order valence-corrected chi connectivity index (χ1v) is 23.5. The third kappa shape index (κ3) is 7.83. The lowest BCUT2D eigenvalue weighted by Gasteiger charge is -2.40. The highest BCUT2D eigenvalue weighted by Gasteiger charge is 2.85. The summed E-state index contributed by atoms with van der Waals surface area (Å²) < 4.78 is 65.2. The molecule has 0 aromatic carbocycles. The first kappa shape index (κ1) is 45.7. The number of sulfonamides is 1. The molecular weight excluding hydrogens is 786 g/mol. The summed E-state index contributed by atoms with van der Waals surface area (Å²) in [4.78, 5) is 75.8. The van der Waals surface area contributed by atoms with Crippen LogP contribution in [0.2, 0.25) is 0 Å². The summed E-state index contributed by atoms with van der Waals surface area (Å²) in [7, 11) is -6.03. The molecule has 2 heterocycles. The maximum absolute atomic E-state index is 15.2. The second kappa shape index (κ2) is 15.8. The van der Waals surface area contributed by atoms with Crippen molar-refractivity contribution < 1.29 is 45.6 Å². The van der Waals surface area contributed by atoms with Gasteiger partial charge in [0.2, 0.25) is 17.7 Å². The van der Waals surface area contributed by atoms with E-state index in [2.05, 4.69) is 44.5 Å². The molecule has 6 aliphatic rings. The molecule has 2 aliphatic heterocycles. The highest BCUT2D eigenvalue weighted by atomic mass is 32.2. The Kier molecular flexibility index (Phi) is 12.3. The third-order valence-electron chi connectivity index (χ3n) is 16.4. The Morgan fingerprint density at radius 2 is 1.51 bits per heavy atom. The molecule has 0 bridgehead atoms. The van der Waals surface area contributed by atoms with Crippen molar-refractivity contribution in [3.05, 3.63) is 12.7 Å². The molecule has 2 N–H and O–H groups in total. The van der Waals surface area contributed by atoms with E-state index in [9.17, 15) is 40.8 Å². The Balaban J connectivity index is 1.29. The molecule has 2 spiro atoms. The standard InChI is InChI=1S/C44H67F3N4O7S/c1-9-29-23-41(29,38(56)49-59(57,58)44(45,46)47)25-34(53)32-24-43(40(7,8)42(43)19-15-20-42)26-51(32)37(55)30(39(4,5)6)22-33(52)35(28-16-11-10-12-17-28)48-36(54)31-18-13-14-21-50(31)27(2)3/h9,27-32,35H,1,10-26H2,2-8H3,(H,48,54)(H,49,56)/t29-,30-,31+,32+,35?,41-,43-/m1/s1. The molecule has 0 radical (unpaired) electrons. The van der Waals surface area contributed by atoms with E-state index in [1.54, 1.807) is 4.90 Å². The lowest BCUT2D eigenvalue weighted by atomic mass is 9.73. The quantitative estimate of drug-likeness (QED) is 0.180. The van der Waals surface area contributed by atoms with Gasteiger partial charge in [-0.05, 0) is 99.8 Å². The Hall–Kier alpha value is -2.81. The predicted octanol–water partition coefficient (Wildman–Crippen LogP) is 6.85. The predicted molar refractivity (Wildman–Crippen MR) is 217 cm³/mol. The van der Waals surface area contributed by atoms with Gasteiger partial charge in [0.05, 0.1) is 23.5 Å². The minimum Gasteiger partial charge on any atom is -0.345 e. The molecule has 1 unspecified atom stereocenters. The molecule has 15 heteroatoms. The Bertz CT molecular complexity index is 1820. The zero-order valence-corrected chi connectivity index (χ0v) is 37.0. The minimum atomic E-state index is -6.03. The number of nitrogens with one attached hydrogen (secondary N) is 2. The Morgan fingerprint density at radius 1 is 0.881 bits per heavy atom. The van der Waals surface area contributed by atoms with Gasteiger partial charge in [0.1, 0.15) is 0 Å². The molecule has 0 aromatic rings. The molecule has 7 atom stereocenters. The summed E-state index contributed by atoms with van der Waals surface area (Å²) in [6, 6.07) is -1.98. The monoisotopic (exact) mass is 852 g/mol. The van der Waals surface area contributed by atoms with Gasteiger partial charge >= 0.3 is 15.5 Å². The number of hydrogen-bond donors (Lipinski definition) is 2. The lowest BCUT2D eigenvalue weighted by molar-refractivity contribution is -0.147. The molecule has 4 aliphatic carbocycles. The largest absolute Gasteiger partial charge is 0.516 e. The number of alkyl halides is 3. The SMILES string of the molecule is C=C[C@@H]1C[C@]1(CC(=O)[C@@H]1C[C@@]2(CN1C(=O)[C@@H](CC(=O)C(NC(=O)[C@@H]1CCCCN1C(C)C)C1CCCCC1)C(C)(C)C)C(C)(C)C21CCC1)C(=O)NS(=O)(=O)C(F)(F)F. The maximum atomic E-state index is 15.2. The van der Waals surface area contributed by atoms with E-state index in [4.69, 9.17) is 0 Å². The van der Waals surface area contributed by atoms with Crippen molar-refractivity contribution in [2.45, 2.75) is 174 Å². The van der Waals surface area contributed by atoms with Gasteiger partial charge in [-0.15, -0.1) is 6.58 Å². The van der Waals surface area contributed by atoms with Crippen LogP contribution in [0.5, 0.6) is 0 Å². The number of piperidine rings is 1. The third-order valence-corrected chi connectivity index (χ3v) is 17.4. The van der Waals surface area contributed by atoms with Crippen LogP contribution in [0.3, 0.4) is 0 Å². The number of carbonyl (C=O) groups excluding carboxylic acids is 5. The van der Waals surface area contributed by atoms with Crippen LogP contribution >= 0.6 is 0 Å². The fraction of sp³-hybridized carbons (Fsp3) is 0.841. The van der Waals surface area contributed by atoms with Gasteiger partial charge < -0.3 is 10.2 Å². The average molecular weight is 853 g/mol. The molecule has 6 rings (SSSR count). The summed E-state index contributed by atoms with van der Waals surface area (Å²) in [6.07, 6.45) is 10.9. The van der Waals surface area contributed by atoms with Crippen molar-refractivity contribution in [2.24, 2.45) is 44.8 Å². The van der Waals surface area contributed by atoms with Crippen LogP contribution in [0, 0.1) is 44.8 Å². The number of Topliss-reactive ketones (excluding diaryl/α,β-unsaturated/α-hetero) is 2. The molecule has 59 heavy (non-hydrogen) atoms. The molecule has 6 fully saturated rings. The van der Waals surface area contributed by atoms with Crippen LogP contribution in [-0.2, 0) is 34.0 Å². The topological polar surface area (TPSA) is 150 Å². The second-order valence-electron chi connectivity index (χ2n) is 20.9. The van der Waals surface area contributed by atoms with Crippen LogP contribution in [0.1, 0.15) is 145 Å². The van der Waals surface area contributed by atoms with Crippen LogP contribution in [0.4, 0.5) is 13.2 Å². The van der Waals surface area contributed by atoms with E-state index >= 15 is 4.79 Å². The summed E-state index contributed by atoms with van der Waals surface area (Å²) in [5, 5.41) is 3.20. The molecule has 11 nitrogen and oxygen atoms in total. The van der Waals surface area contributed by atoms with E-state index < -0.39 is 73.8 Å². The van der Waals surface area contributed by atoms with Crippen molar-refractivity contribution >= 4 is 39.3 Å². The summed E-state index contributed by atoms with van der Waals surface area (Å²) >= 11 is 0. The normalized spacial score (nSPS) is 31.6. The van der Waals surface area contributed by atoms with Crippen LogP contribution in [0.15, 0.2) is 12.7 Å². The van der Waals surface area contributed by atoms with Gasteiger partial charge in [-0.3, -0.25) is 28.9 Å². The smallest absolute Gasteiger partial charge is 0.345 e. The van der Waals surface area contributed by atoms with Crippen molar-refractivity contribution in [3.8, 4) is 0 Å². The summed E-state index contributed by atoms with van der Waals surface area (Å²) in [5.41, 5.74) is -8.98. The number of halogens is 3.